The zero-order chi connectivity index (χ0) is 22.1. The van der Waals surface area contributed by atoms with Crippen LogP contribution in [0.25, 0.3) is 11.8 Å². The van der Waals surface area contributed by atoms with E-state index in [2.05, 4.69) is 0 Å². The van der Waals surface area contributed by atoms with Gasteiger partial charge in [-0.2, -0.15) is 0 Å². The molecule has 7 nitrogen and oxygen atoms in total. The lowest BCUT2D eigenvalue weighted by atomic mass is 10.2. The largest absolute Gasteiger partial charge is 0.317 e. The Kier molecular flexibility index (Phi) is 5.86. The summed E-state index contributed by atoms with van der Waals surface area (Å²) in [6, 6.07) is 14.6. The van der Waals surface area contributed by atoms with Crippen molar-refractivity contribution in [3.05, 3.63) is 97.1 Å². The molecule has 2 aromatic carbocycles. The lowest BCUT2D eigenvalue weighted by Crippen LogP contribution is -2.27. The van der Waals surface area contributed by atoms with Gasteiger partial charge >= 0.3 is 0 Å². The van der Waals surface area contributed by atoms with Crippen molar-refractivity contribution in [1.82, 2.24) is 9.47 Å². The first kappa shape index (κ1) is 21.2. The number of nitro benzene ring substituents is 1. The molecule has 2 amide bonds. The molecule has 0 bridgehead atoms. The Balaban J connectivity index is 1.61. The van der Waals surface area contributed by atoms with Gasteiger partial charge in [0.1, 0.15) is 0 Å². The maximum absolute atomic E-state index is 12.8. The van der Waals surface area contributed by atoms with Gasteiger partial charge in [0.15, 0.2) is 0 Å². The first-order valence-electron chi connectivity index (χ1n) is 8.95. The molecule has 1 fully saturated rings. The summed E-state index contributed by atoms with van der Waals surface area (Å²) in [6.07, 6.45) is 3.32. The third-order valence-electron chi connectivity index (χ3n) is 4.58. The van der Waals surface area contributed by atoms with E-state index in [1.807, 2.05) is 0 Å². The fourth-order valence-electron chi connectivity index (χ4n) is 3.09. The third-order valence-corrected chi connectivity index (χ3v) is 6.22. The summed E-state index contributed by atoms with van der Waals surface area (Å²) in [7, 11) is 0. The average Bonchev–Trinajstić information content (AvgIpc) is 3.31. The Morgan fingerprint density at radius 2 is 1.84 bits per heavy atom. The van der Waals surface area contributed by atoms with Crippen molar-refractivity contribution in [2.45, 2.75) is 6.54 Å². The van der Waals surface area contributed by atoms with E-state index in [9.17, 15) is 19.7 Å². The van der Waals surface area contributed by atoms with E-state index in [4.69, 9.17) is 23.2 Å². The SMILES string of the molecule is O=C1SC(=Cc2cccn2-c2cccc([N+](=O)[O-])c2)C(=O)N1Cc1ccc(Cl)c(Cl)c1. The molecular formula is C21H13Cl2N3O4S. The fraction of sp³-hybridized carbons (Fsp3) is 0.0476. The number of nitrogens with zero attached hydrogens (tertiary/aromatic N) is 3. The first-order chi connectivity index (χ1) is 14.8. The van der Waals surface area contributed by atoms with Gasteiger partial charge in [0.25, 0.3) is 16.8 Å². The van der Waals surface area contributed by atoms with Crippen molar-refractivity contribution >= 4 is 57.9 Å². The second-order valence-corrected chi connectivity index (χ2v) is 8.40. The van der Waals surface area contributed by atoms with Gasteiger partial charge in [-0.05, 0) is 53.7 Å². The normalized spacial score (nSPS) is 15.2. The number of imide groups is 1. The minimum absolute atomic E-state index is 0.0425. The minimum Gasteiger partial charge on any atom is -0.317 e. The molecular weight excluding hydrogens is 461 g/mol. The van der Waals surface area contributed by atoms with Crippen LogP contribution in [0.1, 0.15) is 11.3 Å². The summed E-state index contributed by atoms with van der Waals surface area (Å²) in [6.45, 7) is 0.0742. The second kappa shape index (κ2) is 8.58. The highest BCUT2D eigenvalue weighted by molar-refractivity contribution is 8.18. The van der Waals surface area contributed by atoms with Crippen LogP contribution in [-0.2, 0) is 11.3 Å². The van der Waals surface area contributed by atoms with Crippen molar-refractivity contribution in [3.63, 3.8) is 0 Å². The van der Waals surface area contributed by atoms with E-state index in [0.717, 1.165) is 16.7 Å². The van der Waals surface area contributed by atoms with Gasteiger partial charge in [-0.15, -0.1) is 0 Å². The number of benzene rings is 2. The molecule has 0 N–H and O–H groups in total. The Morgan fingerprint density at radius 3 is 2.58 bits per heavy atom. The highest BCUT2D eigenvalue weighted by atomic mass is 35.5. The molecule has 0 unspecified atom stereocenters. The number of aromatic nitrogens is 1. The van der Waals surface area contributed by atoms with Gasteiger partial charge in [-0.1, -0.05) is 35.3 Å². The number of nitro groups is 1. The molecule has 0 spiro atoms. The van der Waals surface area contributed by atoms with Crippen LogP contribution in [-0.4, -0.2) is 25.5 Å². The molecule has 4 rings (SSSR count). The van der Waals surface area contributed by atoms with Gasteiger partial charge < -0.3 is 4.57 Å². The molecule has 0 saturated carbocycles. The van der Waals surface area contributed by atoms with Gasteiger partial charge in [-0.3, -0.25) is 24.6 Å². The third kappa shape index (κ3) is 4.36. The van der Waals surface area contributed by atoms with Crippen molar-refractivity contribution in [2.24, 2.45) is 0 Å². The predicted molar refractivity (Wildman–Crippen MR) is 120 cm³/mol. The Bertz CT molecular complexity index is 1250. The lowest BCUT2D eigenvalue weighted by Gasteiger charge is -2.13. The minimum atomic E-state index is -0.471. The van der Waals surface area contributed by atoms with Crippen molar-refractivity contribution in [3.8, 4) is 5.69 Å². The summed E-state index contributed by atoms with van der Waals surface area (Å²) in [5, 5.41) is 11.4. The molecule has 10 heteroatoms. The Morgan fingerprint density at radius 1 is 1.03 bits per heavy atom. The highest BCUT2D eigenvalue weighted by Gasteiger charge is 2.35. The summed E-state index contributed by atoms with van der Waals surface area (Å²) in [5.74, 6) is -0.423. The van der Waals surface area contributed by atoms with Crippen molar-refractivity contribution < 1.29 is 14.5 Å². The molecule has 1 aromatic heterocycles. The van der Waals surface area contributed by atoms with Gasteiger partial charge in [0.2, 0.25) is 0 Å². The number of rotatable bonds is 5. The van der Waals surface area contributed by atoms with Gasteiger partial charge in [0.05, 0.1) is 32.1 Å². The molecule has 2 heterocycles. The Labute approximate surface area is 191 Å². The van der Waals surface area contributed by atoms with Crippen molar-refractivity contribution in [2.75, 3.05) is 0 Å². The van der Waals surface area contributed by atoms with Crippen LogP contribution in [0.4, 0.5) is 10.5 Å². The van der Waals surface area contributed by atoms with E-state index in [1.54, 1.807) is 59.3 Å². The topological polar surface area (TPSA) is 85.5 Å². The molecule has 156 valence electrons. The summed E-state index contributed by atoms with van der Waals surface area (Å²) in [5.41, 5.74) is 1.82. The molecule has 31 heavy (non-hydrogen) atoms. The first-order valence-corrected chi connectivity index (χ1v) is 10.5. The molecule has 0 aliphatic carbocycles. The second-order valence-electron chi connectivity index (χ2n) is 6.60. The fourth-order valence-corrected chi connectivity index (χ4v) is 4.24. The van der Waals surface area contributed by atoms with Crippen LogP contribution in [0.15, 0.2) is 65.7 Å². The molecule has 0 radical (unpaired) electrons. The number of amides is 2. The number of halogens is 2. The standard InChI is InChI=1S/C21H13Cl2N3O4S/c22-17-7-6-13(9-18(17)23)12-25-20(27)19(31-21(25)28)11-15-5-2-8-24(15)14-3-1-4-16(10-14)26(29)30/h1-11H,12H2. The number of non-ortho nitro benzene ring substituents is 1. The average molecular weight is 474 g/mol. The zero-order valence-electron chi connectivity index (χ0n) is 15.7. The van der Waals surface area contributed by atoms with E-state index in [-0.39, 0.29) is 17.1 Å². The van der Waals surface area contributed by atoms with Crippen LogP contribution in [0.5, 0.6) is 0 Å². The molecule has 0 atom stereocenters. The van der Waals surface area contributed by atoms with E-state index >= 15 is 0 Å². The van der Waals surface area contributed by atoms with E-state index < -0.39 is 16.1 Å². The van der Waals surface area contributed by atoms with Gasteiger partial charge in [0, 0.05) is 24.0 Å². The maximum Gasteiger partial charge on any atom is 0.293 e. The predicted octanol–water partition coefficient (Wildman–Crippen LogP) is 5.93. The molecule has 3 aromatic rings. The smallest absolute Gasteiger partial charge is 0.293 e. The molecule has 1 aliphatic heterocycles. The zero-order valence-corrected chi connectivity index (χ0v) is 18.0. The van der Waals surface area contributed by atoms with Crippen LogP contribution in [0.2, 0.25) is 10.0 Å². The van der Waals surface area contributed by atoms with Gasteiger partial charge in [-0.25, -0.2) is 0 Å². The quantitative estimate of drug-likeness (QED) is 0.260. The van der Waals surface area contributed by atoms with Crippen LogP contribution < -0.4 is 0 Å². The summed E-state index contributed by atoms with van der Waals surface area (Å²) < 4.78 is 1.71. The number of thioether (sulfide) groups is 1. The molecule has 1 aliphatic rings. The monoisotopic (exact) mass is 473 g/mol. The lowest BCUT2D eigenvalue weighted by molar-refractivity contribution is -0.384. The molecule has 1 saturated heterocycles. The number of carbonyl (C=O) groups excluding carboxylic acids is 2. The van der Waals surface area contributed by atoms with Crippen molar-refractivity contribution in [1.29, 1.82) is 0 Å². The summed E-state index contributed by atoms with van der Waals surface area (Å²) in [4.78, 5) is 37.3. The van der Waals surface area contributed by atoms with E-state index in [1.165, 1.54) is 12.1 Å². The van der Waals surface area contributed by atoms with E-state index in [0.29, 0.717) is 27.0 Å². The Hall–Kier alpha value is -3.07. The van der Waals surface area contributed by atoms with Crippen LogP contribution >= 0.6 is 35.0 Å². The summed E-state index contributed by atoms with van der Waals surface area (Å²) >= 11 is 12.8. The number of hydrogen-bond acceptors (Lipinski definition) is 5. The number of carbonyl (C=O) groups is 2. The maximum atomic E-state index is 12.8. The van der Waals surface area contributed by atoms with Crippen LogP contribution in [0.3, 0.4) is 0 Å². The highest BCUT2D eigenvalue weighted by Crippen LogP contribution is 2.34. The number of hydrogen-bond donors (Lipinski definition) is 0. The van der Waals surface area contributed by atoms with Crippen LogP contribution in [0, 0.1) is 10.1 Å².